The van der Waals surface area contributed by atoms with Crippen molar-refractivity contribution >= 4 is 51.3 Å². The van der Waals surface area contributed by atoms with Crippen molar-refractivity contribution in [1.29, 1.82) is 0 Å². The van der Waals surface area contributed by atoms with Crippen LogP contribution in [0, 0.1) is 10.8 Å². The number of allylic oxidation sites excluding steroid dienone is 1. The summed E-state index contributed by atoms with van der Waals surface area (Å²) in [7, 11) is 1.60. The number of hydrogen-bond acceptors (Lipinski definition) is 3. The number of ether oxygens (including phenoxy) is 2. The molecule has 0 fully saturated rings. The molecule has 0 aromatic rings. The molecular formula is C14H26O4Sr+2. The average molecular weight is 346 g/mol. The van der Waals surface area contributed by atoms with E-state index in [1.165, 1.54) is 6.08 Å². The van der Waals surface area contributed by atoms with Crippen molar-refractivity contribution in [2.75, 3.05) is 26.9 Å². The summed E-state index contributed by atoms with van der Waals surface area (Å²) in [5, 5.41) is 12.0. The first-order valence-corrected chi connectivity index (χ1v) is 6.13. The van der Waals surface area contributed by atoms with Gasteiger partial charge in [0.25, 0.3) is 0 Å². The first-order valence-electron chi connectivity index (χ1n) is 6.13. The third-order valence-electron chi connectivity index (χ3n) is 2.60. The molecule has 0 amide bonds. The van der Waals surface area contributed by atoms with Crippen LogP contribution in [-0.4, -0.2) is 83.0 Å². The van der Waals surface area contributed by atoms with Crippen LogP contribution in [0.1, 0.15) is 34.6 Å². The molecule has 0 radical (unpaired) electrons. The number of hydrogen-bond donors (Lipinski definition) is 0. The van der Waals surface area contributed by atoms with Gasteiger partial charge in [-0.3, -0.25) is 4.79 Å². The summed E-state index contributed by atoms with van der Waals surface area (Å²) in [6, 6.07) is 0. The minimum atomic E-state index is -0.646. The molecule has 0 atom stereocenters. The predicted octanol–water partition coefficient (Wildman–Crippen LogP) is 1.13. The third-order valence-corrected chi connectivity index (χ3v) is 2.60. The van der Waals surface area contributed by atoms with Gasteiger partial charge >= 0.3 is 51.3 Å². The Bertz CT molecular complexity index is 303. The Kier molecular flexibility index (Phi) is 11.0. The zero-order valence-corrected chi connectivity index (χ0v) is 16.6. The van der Waals surface area contributed by atoms with E-state index in [0.717, 1.165) is 0 Å². The van der Waals surface area contributed by atoms with Gasteiger partial charge in [-0.2, -0.15) is 0 Å². The van der Waals surface area contributed by atoms with E-state index in [9.17, 15) is 9.90 Å². The Hall–Kier alpha value is 0.611. The fourth-order valence-corrected chi connectivity index (χ4v) is 1.08. The van der Waals surface area contributed by atoms with Crippen molar-refractivity contribution in [1.82, 2.24) is 0 Å². The fraction of sp³-hybridized carbons (Fsp3) is 0.786. The van der Waals surface area contributed by atoms with Crippen LogP contribution in [-0.2, 0) is 9.47 Å². The van der Waals surface area contributed by atoms with Gasteiger partial charge in [0.1, 0.15) is 0 Å². The summed E-state index contributed by atoms with van der Waals surface area (Å²) in [6.07, 6.45) is 1.31. The van der Waals surface area contributed by atoms with Crippen LogP contribution in [0.4, 0.5) is 0 Å². The first kappa shape index (κ1) is 21.9. The number of ketones is 1. The molecule has 19 heavy (non-hydrogen) atoms. The van der Waals surface area contributed by atoms with Crippen LogP contribution in [0.3, 0.4) is 0 Å². The monoisotopic (exact) mass is 346 g/mol. The normalized spacial score (nSPS) is 13.1. The van der Waals surface area contributed by atoms with Gasteiger partial charge in [0.05, 0.1) is 25.2 Å². The molecular weight excluding hydrogens is 320 g/mol. The van der Waals surface area contributed by atoms with E-state index < -0.39 is 10.8 Å². The minimum Gasteiger partial charge on any atom is -0.875 e. The van der Waals surface area contributed by atoms with Gasteiger partial charge in [0.15, 0.2) is 0 Å². The van der Waals surface area contributed by atoms with Gasteiger partial charge in [0.2, 0.25) is 0 Å². The maximum Gasteiger partial charge on any atom is 2.00 e. The predicted molar refractivity (Wildman–Crippen MR) is 76.7 cm³/mol. The van der Waals surface area contributed by atoms with Crippen molar-refractivity contribution in [3.05, 3.63) is 11.8 Å². The van der Waals surface area contributed by atoms with Crippen LogP contribution in [0.15, 0.2) is 11.8 Å². The maximum atomic E-state index is 12.0. The summed E-state index contributed by atoms with van der Waals surface area (Å²) < 4.78 is 10.2. The molecule has 0 heterocycles. The van der Waals surface area contributed by atoms with Crippen LogP contribution in [0.5, 0.6) is 0 Å². The largest absolute Gasteiger partial charge is 2.00 e. The van der Waals surface area contributed by atoms with Crippen molar-refractivity contribution in [3.63, 3.8) is 0 Å². The van der Waals surface area contributed by atoms with E-state index in [-0.39, 0.29) is 57.0 Å². The second-order valence-corrected chi connectivity index (χ2v) is 6.07. The fourth-order valence-electron chi connectivity index (χ4n) is 1.08. The summed E-state index contributed by atoms with van der Waals surface area (Å²) >= 11 is 0. The van der Waals surface area contributed by atoms with Gasteiger partial charge in [-0.05, 0) is 26.2 Å². The second kappa shape index (κ2) is 9.53. The molecule has 0 unspecified atom stereocenters. The Labute approximate surface area is 153 Å². The Morgan fingerprint density at radius 2 is 1.68 bits per heavy atom. The number of methoxy groups -OCH3 is 1. The molecule has 0 aliphatic heterocycles. The quantitative estimate of drug-likeness (QED) is 0.228. The van der Waals surface area contributed by atoms with Crippen molar-refractivity contribution in [2.45, 2.75) is 34.6 Å². The van der Waals surface area contributed by atoms with E-state index in [1.807, 2.05) is 20.8 Å². The first-order chi connectivity index (χ1) is 8.11. The number of rotatable bonds is 7. The SMILES string of the molecule is COCCOCC(C)(C)/C([O-])=C/C(=[OH+])C(C)(C)C.[Sr+2]. The van der Waals surface area contributed by atoms with Crippen LogP contribution in [0.25, 0.3) is 0 Å². The molecule has 1 N–H and O–H groups in total. The Morgan fingerprint density at radius 3 is 2.11 bits per heavy atom. The molecule has 5 heteroatoms. The van der Waals surface area contributed by atoms with E-state index in [1.54, 1.807) is 21.0 Å². The molecule has 0 spiro atoms. The van der Waals surface area contributed by atoms with Gasteiger partial charge in [-0.25, -0.2) is 0 Å². The van der Waals surface area contributed by atoms with E-state index in [0.29, 0.717) is 19.8 Å². The van der Waals surface area contributed by atoms with Crippen molar-refractivity contribution in [3.8, 4) is 0 Å². The van der Waals surface area contributed by atoms with E-state index in [2.05, 4.69) is 0 Å². The van der Waals surface area contributed by atoms with Gasteiger partial charge in [0, 0.05) is 13.2 Å². The Morgan fingerprint density at radius 1 is 1.16 bits per heavy atom. The molecule has 0 aromatic carbocycles. The summed E-state index contributed by atoms with van der Waals surface area (Å²) in [6.45, 7) is 10.4. The standard InChI is InChI=1S/C14H26O4.Sr/c1-13(2,3)11(15)9-12(16)14(4,5)10-18-8-7-17-6;/h9,16H,7-8,10H2,1-6H3;/q;+2/b12-9-;. The molecule has 0 rings (SSSR count). The van der Waals surface area contributed by atoms with Gasteiger partial charge < -0.3 is 14.6 Å². The van der Waals surface area contributed by atoms with Crippen LogP contribution < -0.4 is 5.11 Å². The smallest absolute Gasteiger partial charge is 0.875 e. The van der Waals surface area contributed by atoms with Crippen LogP contribution >= 0.6 is 0 Å². The molecule has 0 bridgehead atoms. The molecule has 106 valence electrons. The van der Waals surface area contributed by atoms with Crippen molar-refractivity contribution < 1.29 is 19.4 Å². The Balaban J connectivity index is 0. The third kappa shape index (κ3) is 9.21. The van der Waals surface area contributed by atoms with Gasteiger partial charge in [-0.15, -0.1) is 5.76 Å². The van der Waals surface area contributed by atoms with Crippen molar-refractivity contribution in [2.24, 2.45) is 10.8 Å². The van der Waals surface area contributed by atoms with Gasteiger partial charge in [-0.1, -0.05) is 13.8 Å². The van der Waals surface area contributed by atoms with Crippen LogP contribution in [0.2, 0.25) is 0 Å². The zero-order chi connectivity index (χ0) is 14.4. The summed E-state index contributed by atoms with van der Waals surface area (Å²) in [5.41, 5.74) is -1.06. The summed E-state index contributed by atoms with van der Waals surface area (Å²) in [4.78, 5) is 9.81. The maximum absolute atomic E-state index is 12.0. The van der Waals surface area contributed by atoms with E-state index >= 15 is 0 Å². The zero-order valence-electron chi connectivity index (χ0n) is 13.1. The molecule has 4 nitrogen and oxygen atoms in total. The minimum absolute atomic E-state index is 0. The molecule has 0 aliphatic carbocycles. The topological polar surface area (TPSA) is 62.9 Å². The number of carbonyl (C=O) groups excluding carboxylic acids is 1. The molecule has 0 aliphatic rings. The van der Waals surface area contributed by atoms with E-state index in [4.69, 9.17) is 9.47 Å². The molecule has 0 saturated carbocycles. The summed E-state index contributed by atoms with van der Waals surface area (Å²) in [5.74, 6) is -0.0372. The molecule has 0 saturated heterocycles. The second-order valence-electron chi connectivity index (χ2n) is 6.07. The average Bonchev–Trinajstić information content (AvgIpc) is 2.23. The molecule has 0 aromatic heterocycles.